The van der Waals surface area contributed by atoms with Crippen molar-refractivity contribution in [2.24, 2.45) is 11.5 Å². The molecule has 74 valence electrons. The van der Waals surface area contributed by atoms with Crippen molar-refractivity contribution in [1.82, 2.24) is 0 Å². The summed E-state index contributed by atoms with van der Waals surface area (Å²) in [5.74, 6) is -1.72. The van der Waals surface area contributed by atoms with Crippen molar-refractivity contribution in [3.8, 4) is 0 Å². The summed E-state index contributed by atoms with van der Waals surface area (Å²) in [6.45, 7) is -0.293. The summed E-state index contributed by atoms with van der Waals surface area (Å²) >= 11 is 0. The standard InChI is InChI=1S/C6H10N2O5/c7-5(10)3-2(9)4(6(8)11)13-1-12-3/h2-4,9H,1H2,(H2,7,10)(H2,8,11)/t2?,3-,4+. The highest BCUT2D eigenvalue weighted by atomic mass is 16.7. The maximum atomic E-state index is 10.7. The Kier molecular flexibility index (Phi) is 2.81. The second-order valence-corrected chi connectivity index (χ2v) is 2.59. The molecule has 1 aliphatic rings. The predicted molar refractivity (Wildman–Crippen MR) is 39.0 cm³/mol. The van der Waals surface area contributed by atoms with E-state index in [0.29, 0.717) is 0 Å². The molecule has 1 saturated heterocycles. The van der Waals surface area contributed by atoms with Crippen LogP contribution in [0.15, 0.2) is 0 Å². The first-order valence-corrected chi connectivity index (χ1v) is 3.54. The topological polar surface area (TPSA) is 125 Å². The van der Waals surface area contributed by atoms with Crippen LogP contribution in [0.2, 0.25) is 0 Å². The van der Waals surface area contributed by atoms with Crippen LogP contribution in [0.1, 0.15) is 0 Å². The van der Waals surface area contributed by atoms with E-state index in [0.717, 1.165) is 0 Å². The molecule has 0 aromatic rings. The van der Waals surface area contributed by atoms with Crippen LogP contribution in [0, 0.1) is 0 Å². The summed E-state index contributed by atoms with van der Waals surface area (Å²) < 4.78 is 9.36. The first-order chi connectivity index (χ1) is 6.04. The molecule has 1 unspecified atom stereocenters. The zero-order chi connectivity index (χ0) is 10.0. The largest absolute Gasteiger partial charge is 0.387 e. The van der Waals surface area contributed by atoms with Crippen LogP contribution in [-0.4, -0.2) is 42.0 Å². The number of hydrogen-bond donors (Lipinski definition) is 3. The molecule has 1 rings (SSSR count). The van der Waals surface area contributed by atoms with Gasteiger partial charge in [0.1, 0.15) is 12.9 Å². The average Bonchev–Trinajstić information content (AvgIpc) is 2.03. The number of ether oxygens (including phenoxy) is 2. The van der Waals surface area contributed by atoms with E-state index in [9.17, 15) is 14.7 Å². The van der Waals surface area contributed by atoms with Gasteiger partial charge in [-0.05, 0) is 0 Å². The van der Waals surface area contributed by atoms with Crippen molar-refractivity contribution in [2.75, 3.05) is 6.79 Å². The SMILES string of the molecule is NC(=O)[C@H]1OCO[C@@H](C(N)=O)C1O. The number of hydrogen-bond acceptors (Lipinski definition) is 5. The van der Waals surface area contributed by atoms with Crippen LogP contribution < -0.4 is 11.5 Å². The van der Waals surface area contributed by atoms with Gasteiger partial charge in [-0.1, -0.05) is 0 Å². The number of nitrogens with two attached hydrogens (primary N) is 2. The average molecular weight is 190 g/mol. The predicted octanol–water partition coefficient (Wildman–Crippen LogP) is -2.94. The lowest BCUT2D eigenvalue weighted by atomic mass is 10.1. The molecule has 0 aromatic carbocycles. The maximum absolute atomic E-state index is 10.7. The quantitative estimate of drug-likeness (QED) is 0.429. The molecule has 1 fully saturated rings. The lowest BCUT2D eigenvalue weighted by Crippen LogP contribution is -2.56. The van der Waals surface area contributed by atoms with Gasteiger partial charge in [0, 0.05) is 0 Å². The molecule has 13 heavy (non-hydrogen) atoms. The Morgan fingerprint density at radius 3 is 1.85 bits per heavy atom. The Balaban J connectivity index is 2.71. The summed E-state index contributed by atoms with van der Waals surface area (Å²) in [6.07, 6.45) is -3.93. The fraction of sp³-hybridized carbons (Fsp3) is 0.667. The number of rotatable bonds is 2. The molecule has 7 heteroatoms. The molecular weight excluding hydrogens is 180 g/mol. The van der Waals surface area contributed by atoms with Crippen molar-refractivity contribution >= 4 is 11.8 Å². The molecule has 0 bridgehead atoms. The van der Waals surface area contributed by atoms with Crippen molar-refractivity contribution < 1.29 is 24.2 Å². The zero-order valence-corrected chi connectivity index (χ0v) is 6.67. The Morgan fingerprint density at radius 1 is 1.15 bits per heavy atom. The molecule has 7 nitrogen and oxygen atoms in total. The Labute approximate surface area is 73.6 Å². The number of aliphatic hydroxyl groups is 1. The number of amides is 2. The van der Waals surface area contributed by atoms with E-state index >= 15 is 0 Å². The number of primary amides is 2. The minimum atomic E-state index is -1.44. The van der Waals surface area contributed by atoms with Crippen molar-refractivity contribution in [3.05, 3.63) is 0 Å². The van der Waals surface area contributed by atoms with Gasteiger partial charge >= 0.3 is 0 Å². The van der Waals surface area contributed by atoms with Crippen molar-refractivity contribution in [1.29, 1.82) is 0 Å². The summed E-state index contributed by atoms with van der Waals surface area (Å²) in [4.78, 5) is 21.3. The third-order valence-electron chi connectivity index (χ3n) is 1.68. The molecule has 0 spiro atoms. The zero-order valence-electron chi connectivity index (χ0n) is 6.67. The first kappa shape index (κ1) is 9.90. The van der Waals surface area contributed by atoms with Crippen LogP contribution in [0.4, 0.5) is 0 Å². The van der Waals surface area contributed by atoms with E-state index in [1.807, 2.05) is 0 Å². The minimum absolute atomic E-state index is 0.293. The highest BCUT2D eigenvalue weighted by molar-refractivity contribution is 5.84. The highest BCUT2D eigenvalue weighted by Crippen LogP contribution is 2.13. The lowest BCUT2D eigenvalue weighted by Gasteiger charge is -2.30. The van der Waals surface area contributed by atoms with Crippen LogP contribution in [0.25, 0.3) is 0 Å². The maximum Gasteiger partial charge on any atom is 0.249 e. The van der Waals surface area contributed by atoms with E-state index < -0.39 is 30.1 Å². The van der Waals surface area contributed by atoms with Crippen molar-refractivity contribution in [2.45, 2.75) is 18.3 Å². The van der Waals surface area contributed by atoms with Gasteiger partial charge < -0.3 is 26.0 Å². The molecule has 2 amide bonds. The van der Waals surface area contributed by atoms with Gasteiger partial charge in [-0.2, -0.15) is 0 Å². The molecule has 1 aliphatic heterocycles. The molecule has 0 saturated carbocycles. The number of carbonyl (C=O) groups is 2. The van der Waals surface area contributed by atoms with Crippen molar-refractivity contribution in [3.63, 3.8) is 0 Å². The number of carbonyl (C=O) groups excluding carboxylic acids is 2. The van der Waals surface area contributed by atoms with Gasteiger partial charge in [0.25, 0.3) is 0 Å². The fourth-order valence-corrected chi connectivity index (χ4v) is 1.04. The van der Waals surface area contributed by atoms with E-state index in [4.69, 9.17) is 11.5 Å². The number of aliphatic hydroxyl groups excluding tert-OH is 1. The van der Waals surface area contributed by atoms with Gasteiger partial charge in [-0.3, -0.25) is 9.59 Å². The molecule has 1 heterocycles. The fourth-order valence-electron chi connectivity index (χ4n) is 1.04. The molecule has 0 aromatic heterocycles. The summed E-state index contributed by atoms with van der Waals surface area (Å²) in [7, 11) is 0. The van der Waals surface area contributed by atoms with Gasteiger partial charge in [0.2, 0.25) is 11.8 Å². The van der Waals surface area contributed by atoms with Crippen LogP contribution in [-0.2, 0) is 19.1 Å². The van der Waals surface area contributed by atoms with E-state index in [-0.39, 0.29) is 6.79 Å². The summed E-state index contributed by atoms with van der Waals surface area (Å²) in [5, 5.41) is 9.32. The van der Waals surface area contributed by atoms with Crippen LogP contribution >= 0.6 is 0 Å². The Morgan fingerprint density at radius 2 is 1.54 bits per heavy atom. The second kappa shape index (κ2) is 3.69. The van der Waals surface area contributed by atoms with E-state index in [1.54, 1.807) is 0 Å². The lowest BCUT2D eigenvalue weighted by molar-refractivity contribution is -0.223. The van der Waals surface area contributed by atoms with Gasteiger partial charge in [0.15, 0.2) is 12.2 Å². The monoisotopic (exact) mass is 190 g/mol. The Hall–Kier alpha value is -1.18. The second-order valence-electron chi connectivity index (χ2n) is 2.59. The molecule has 5 N–H and O–H groups in total. The van der Waals surface area contributed by atoms with Gasteiger partial charge in [0.05, 0.1) is 0 Å². The molecule has 0 radical (unpaired) electrons. The normalized spacial score (nSPS) is 34.1. The van der Waals surface area contributed by atoms with Crippen LogP contribution in [0.3, 0.4) is 0 Å². The minimum Gasteiger partial charge on any atom is -0.387 e. The van der Waals surface area contributed by atoms with Gasteiger partial charge in [-0.25, -0.2) is 0 Å². The molecule has 0 aliphatic carbocycles. The smallest absolute Gasteiger partial charge is 0.249 e. The third-order valence-corrected chi connectivity index (χ3v) is 1.68. The highest BCUT2D eigenvalue weighted by Gasteiger charge is 2.40. The summed E-state index contributed by atoms with van der Waals surface area (Å²) in [5.41, 5.74) is 9.78. The van der Waals surface area contributed by atoms with Crippen LogP contribution in [0.5, 0.6) is 0 Å². The van der Waals surface area contributed by atoms with E-state index in [1.165, 1.54) is 0 Å². The molecular formula is C6H10N2O5. The third kappa shape index (κ3) is 1.94. The van der Waals surface area contributed by atoms with E-state index in [2.05, 4.69) is 9.47 Å². The summed E-state index contributed by atoms with van der Waals surface area (Å²) in [6, 6.07) is 0. The van der Waals surface area contributed by atoms with Gasteiger partial charge in [-0.15, -0.1) is 0 Å². The first-order valence-electron chi connectivity index (χ1n) is 3.54. The molecule has 3 atom stereocenters. The Bertz CT molecular complexity index is 209.